The maximum absolute atomic E-state index is 13.5. The fraction of sp³-hybridized carbons (Fsp3) is 0.636. The van der Waals surface area contributed by atoms with Crippen molar-refractivity contribution >= 4 is 11.8 Å². The summed E-state index contributed by atoms with van der Waals surface area (Å²) < 4.78 is 13.5. The van der Waals surface area contributed by atoms with Crippen molar-refractivity contribution in [1.82, 2.24) is 14.9 Å². The summed E-state index contributed by atoms with van der Waals surface area (Å²) in [5.74, 6) is -0.0953. The van der Waals surface area contributed by atoms with Gasteiger partial charge in [0.2, 0.25) is 5.95 Å². The summed E-state index contributed by atoms with van der Waals surface area (Å²) in [5.41, 5.74) is 5.47. The molecule has 2 unspecified atom stereocenters. The van der Waals surface area contributed by atoms with Crippen LogP contribution in [0, 0.1) is 5.82 Å². The van der Waals surface area contributed by atoms with Gasteiger partial charge in [-0.1, -0.05) is 0 Å². The number of hydrogen-bond acceptors (Lipinski definition) is 5. The number of fused-ring (bicyclic) bond motifs is 1. The minimum Gasteiger partial charge on any atom is -0.368 e. The first-order valence-electron chi connectivity index (χ1n) is 6.02. The molecule has 2 aliphatic heterocycles. The highest BCUT2D eigenvalue weighted by atomic mass is 19.1. The van der Waals surface area contributed by atoms with E-state index in [4.69, 9.17) is 5.73 Å². The molecule has 5 nitrogen and oxygen atoms in total. The van der Waals surface area contributed by atoms with E-state index in [1.165, 1.54) is 12.8 Å². The molecule has 2 atom stereocenters. The molecule has 6 heteroatoms. The topological polar surface area (TPSA) is 67.1 Å². The number of nitrogens with two attached hydrogens (primary N) is 1. The number of halogens is 1. The summed E-state index contributed by atoms with van der Waals surface area (Å²) in [5, 5.41) is 3.17. The fourth-order valence-corrected chi connectivity index (χ4v) is 2.91. The molecule has 2 saturated heterocycles. The molecule has 3 heterocycles. The Kier molecular flexibility index (Phi) is 2.58. The van der Waals surface area contributed by atoms with Crippen molar-refractivity contribution in [2.24, 2.45) is 0 Å². The SMILES string of the molecule is Nc1ncc(F)c(NC2CCN3CCCC23)n1. The smallest absolute Gasteiger partial charge is 0.222 e. The summed E-state index contributed by atoms with van der Waals surface area (Å²) in [6, 6.07) is 0.798. The Hall–Kier alpha value is -1.43. The Labute approximate surface area is 99.2 Å². The monoisotopic (exact) mass is 237 g/mol. The molecule has 0 aromatic carbocycles. The molecular weight excluding hydrogens is 221 g/mol. The van der Waals surface area contributed by atoms with Gasteiger partial charge in [0.25, 0.3) is 0 Å². The third-order valence-electron chi connectivity index (χ3n) is 3.69. The van der Waals surface area contributed by atoms with Crippen molar-refractivity contribution in [2.45, 2.75) is 31.3 Å². The summed E-state index contributed by atoms with van der Waals surface area (Å²) in [6.45, 7) is 2.25. The number of anilines is 2. The maximum atomic E-state index is 13.5. The highest BCUT2D eigenvalue weighted by molar-refractivity contribution is 5.41. The van der Waals surface area contributed by atoms with E-state index in [9.17, 15) is 4.39 Å². The van der Waals surface area contributed by atoms with Crippen LogP contribution in [-0.2, 0) is 0 Å². The van der Waals surface area contributed by atoms with Crippen molar-refractivity contribution in [1.29, 1.82) is 0 Å². The predicted molar refractivity (Wildman–Crippen MR) is 63.0 cm³/mol. The van der Waals surface area contributed by atoms with Crippen LogP contribution in [0.3, 0.4) is 0 Å². The quantitative estimate of drug-likeness (QED) is 0.798. The van der Waals surface area contributed by atoms with Crippen LogP contribution in [-0.4, -0.2) is 40.0 Å². The first kappa shape index (κ1) is 10.7. The Morgan fingerprint density at radius 2 is 2.29 bits per heavy atom. The number of nitrogens with one attached hydrogen (secondary N) is 1. The molecule has 1 aromatic rings. The Balaban J connectivity index is 1.76. The van der Waals surface area contributed by atoms with Gasteiger partial charge < -0.3 is 11.1 Å². The van der Waals surface area contributed by atoms with Gasteiger partial charge in [0.1, 0.15) is 0 Å². The zero-order valence-electron chi connectivity index (χ0n) is 9.56. The lowest BCUT2D eigenvalue weighted by molar-refractivity contribution is 0.318. The summed E-state index contributed by atoms with van der Waals surface area (Å²) in [6.07, 6.45) is 4.57. The van der Waals surface area contributed by atoms with E-state index in [0.717, 1.165) is 25.7 Å². The van der Waals surface area contributed by atoms with Gasteiger partial charge in [0.15, 0.2) is 11.6 Å². The average molecular weight is 237 g/mol. The van der Waals surface area contributed by atoms with Crippen LogP contribution in [0.2, 0.25) is 0 Å². The minimum absolute atomic E-state index is 0.107. The van der Waals surface area contributed by atoms with Gasteiger partial charge in [0.05, 0.1) is 6.20 Å². The van der Waals surface area contributed by atoms with E-state index in [2.05, 4.69) is 20.2 Å². The van der Waals surface area contributed by atoms with Crippen molar-refractivity contribution in [2.75, 3.05) is 24.1 Å². The average Bonchev–Trinajstić information content (AvgIpc) is 2.88. The standard InChI is InChI=1S/C11H16FN5/c12-7-6-14-11(13)16-10(7)15-8-3-5-17-4-1-2-9(8)17/h6,8-9H,1-5H2,(H3,13,14,15,16). The number of hydrogen-bond donors (Lipinski definition) is 2. The number of nitrogens with zero attached hydrogens (tertiary/aromatic N) is 3. The molecule has 17 heavy (non-hydrogen) atoms. The van der Waals surface area contributed by atoms with Gasteiger partial charge in [-0.25, -0.2) is 9.37 Å². The number of nitrogen functional groups attached to an aromatic ring is 1. The van der Waals surface area contributed by atoms with Crippen molar-refractivity contribution in [3.8, 4) is 0 Å². The molecular formula is C11H16FN5. The van der Waals surface area contributed by atoms with Crippen LogP contribution in [0.5, 0.6) is 0 Å². The normalized spacial score (nSPS) is 28.3. The largest absolute Gasteiger partial charge is 0.368 e. The molecule has 0 aliphatic carbocycles. The van der Waals surface area contributed by atoms with E-state index in [1.807, 2.05) is 0 Å². The molecule has 2 aliphatic rings. The zero-order chi connectivity index (χ0) is 11.8. The van der Waals surface area contributed by atoms with E-state index in [-0.39, 0.29) is 17.8 Å². The lowest BCUT2D eigenvalue weighted by Crippen LogP contribution is -2.34. The third-order valence-corrected chi connectivity index (χ3v) is 3.69. The van der Waals surface area contributed by atoms with Crippen LogP contribution in [0.1, 0.15) is 19.3 Å². The van der Waals surface area contributed by atoms with Crippen LogP contribution in [0.15, 0.2) is 6.20 Å². The maximum Gasteiger partial charge on any atom is 0.222 e. The summed E-state index contributed by atoms with van der Waals surface area (Å²) in [4.78, 5) is 9.99. The molecule has 0 spiro atoms. The molecule has 0 radical (unpaired) electrons. The number of aromatic nitrogens is 2. The van der Waals surface area contributed by atoms with Crippen molar-refractivity contribution in [3.05, 3.63) is 12.0 Å². The third kappa shape index (κ3) is 1.93. The van der Waals surface area contributed by atoms with Gasteiger partial charge in [-0.2, -0.15) is 4.98 Å². The predicted octanol–water partition coefficient (Wildman–Crippen LogP) is 0.847. The molecule has 0 amide bonds. The Bertz CT molecular complexity index is 424. The second-order valence-electron chi connectivity index (χ2n) is 4.71. The Morgan fingerprint density at radius 3 is 3.18 bits per heavy atom. The van der Waals surface area contributed by atoms with Crippen LogP contribution < -0.4 is 11.1 Å². The van der Waals surface area contributed by atoms with Gasteiger partial charge >= 0.3 is 0 Å². The van der Waals surface area contributed by atoms with Crippen LogP contribution in [0.4, 0.5) is 16.2 Å². The lowest BCUT2D eigenvalue weighted by Gasteiger charge is -2.21. The van der Waals surface area contributed by atoms with Gasteiger partial charge in [-0.3, -0.25) is 4.90 Å². The van der Waals surface area contributed by atoms with E-state index >= 15 is 0 Å². The highest BCUT2D eigenvalue weighted by Crippen LogP contribution is 2.30. The van der Waals surface area contributed by atoms with E-state index < -0.39 is 5.82 Å². The fourth-order valence-electron chi connectivity index (χ4n) is 2.91. The minimum atomic E-state index is -0.435. The number of rotatable bonds is 2. The second-order valence-corrected chi connectivity index (χ2v) is 4.71. The summed E-state index contributed by atoms with van der Waals surface area (Å²) in [7, 11) is 0. The first-order chi connectivity index (χ1) is 8.24. The molecule has 0 saturated carbocycles. The van der Waals surface area contributed by atoms with Gasteiger partial charge in [-0.05, 0) is 25.8 Å². The van der Waals surface area contributed by atoms with Crippen LogP contribution in [0.25, 0.3) is 0 Å². The molecule has 1 aromatic heterocycles. The lowest BCUT2D eigenvalue weighted by atomic mass is 10.1. The summed E-state index contributed by atoms with van der Waals surface area (Å²) >= 11 is 0. The zero-order valence-corrected chi connectivity index (χ0v) is 9.56. The van der Waals surface area contributed by atoms with Crippen molar-refractivity contribution in [3.63, 3.8) is 0 Å². The van der Waals surface area contributed by atoms with Crippen molar-refractivity contribution < 1.29 is 4.39 Å². The van der Waals surface area contributed by atoms with Crippen LogP contribution >= 0.6 is 0 Å². The molecule has 3 N–H and O–H groups in total. The molecule has 2 fully saturated rings. The molecule has 92 valence electrons. The molecule has 3 rings (SSSR count). The highest BCUT2D eigenvalue weighted by Gasteiger charge is 2.37. The van der Waals surface area contributed by atoms with E-state index in [1.54, 1.807) is 0 Å². The first-order valence-corrected chi connectivity index (χ1v) is 6.02. The second kappa shape index (κ2) is 4.10. The van der Waals surface area contributed by atoms with Gasteiger partial charge in [0, 0.05) is 18.6 Å². The molecule has 0 bridgehead atoms. The van der Waals surface area contributed by atoms with E-state index in [0.29, 0.717) is 6.04 Å². The van der Waals surface area contributed by atoms with Gasteiger partial charge in [-0.15, -0.1) is 0 Å². The Morgan fingerprint density at radius 1 is 1.41 bits per heavy atom.